The van der Waals surface area contributed by atoms with Crippen molar-refractivity contribution in [1.82, 2.24) is 15.5 Å². The molecule has 0 unspecified atom stereocenters. The summed E-state index contributed by atoms with van der Waals surface area (Å²) < 4.78 is 0. The van der Waals surface area contributed by atoms with Crippen LogP contribution in [-0.4, -0.2) is 16.2 Å². The lowest BCUT2D eigenvalue weighted by Crippen LogP contribution is -2.35. The van der Waals surface area contributed by atoms with Gasteiger partial charge in [0.2, 0.25) is 0 Å². The third-order valence-corrected chi connectivity index (χ3v) is 4.10. The van der Waals surface area contributed by atoms with Gasteiger partial charge >= 0.3 is 0 Å². The van der Waals surface area contributed by atoms with Gasteiger partial charge in [-0.1, -0.05) is 20.8 Å². The molecule has 3 heteroatoms. The summed E-state index contributed by atoms with van der Waals surface area (Å²) in [7, 11) is 0. The Balaban J connectivity index is 1.72. The number of nitrogens with one attached hydrogen (secondary N) is 2. The summed E-state index contributed by atoms with van der Waals surface area (Å²) >= 11 is 0. The molecule has 0 saturated heterocycles. The van der Waals surface area contributed by atoms with E-state index < -0.39 is 0 Å². The van der Waals surface area contributed by atoms with Crippen LogP contribution >= 0.6 is 0 Å². The van der Waals surface area contributed by atoms with Gasteiger partial charge in [0, 0.05) is 24.3 Å². The van der Waals surface area contributed by atoms with Crippen molar-refractivity contribution in [1.29, 1.82) is 0 Å². The van der Waals surface area contributed by atoms with Gasteiger partial charge in [0.05, 0.1) is 6.20 Å². The first kappa shape index (κ1) is 12.6. The zero-order chi connectivity index (χ0) is 12.3. The van der Waals surface area contributed by atoms with Gasteiger partial charge in [-0.15, -0.1) is 0 Å². The van der Waals surface area contributed by atoms with Crippen molar-refractivity contribution < 1.29 is 0 Å². The standard InChI is InChI=1S/C14H25N3/c1-14(2,3)12-4-6-13(7-5-12)15-8-11-9-16-17-10-11/h9-10,12-13,15H,4-8H2,1-3H3,(H,16,17). The predicted molar refractivity (Wildman–Crippen MR) is 70.6 cm³/mol. The molecular formula is C14H25N3. The first-order chi connectivity index (χ1) is 8.05. The fourth-order valence-electron chi connectivity index (χ4n) is 2.80. The van der Waals surface area contributed by atoms with E-state index in [2.05, 4.69) is 36.3 Å². The second kappa shape index (κ2) is 5.21. The van der Waals surface area contributed by atoms with Crippen molar-refractivity contribution in [2.75, 3.05) is 0 Å². The summed E-state index contributed by atoms with van der Waals surface area (Å²) in [5, 5.41) is 10.5. The minimum absolute atomic E-state index is 0.482. The predicted octanol–water partition coefficient (Wildman–Crippen LogP) is 3.10. The van der Waals surface area contributed by atoms with Crippen LogP contribution in [0.25, 0.3) is 0 Å². The van der Waals surface area contributed by atoms with E-state index in [1.165, 1.54) is 31.2 Å². The van der Waals surface area contributed by atoms with Crippen LogP contribution < -0.4 is 5.32 Å². The van der Waals surface area contributed by atoms with Gasteiger partial charge in [-0.2, -0.15) is 5.10 Å². The fraction of sp³-hybridized carbons (Fsp3) is 0.786. The average Bonchev–Trinajstić information content (AvgIpc) is 2.78. The van der Waals surface area contributed by atoms with E-state index in [9.17, 15) is 0 Å². The molecule has 0 atom stereocenters. The molecule has 1 aromatic heterocycles. The summed E-state index contributed by atoms with van der Waals surface area (Å²) in [6.07, 6.45) is 9.24. The Bertz CT molecular complexity index is 316. The Morgan fingerprint density at radius 1 is 1.29 bits per heavy atom. The summed E-state index contributed by atoms with van der Waals surface area (Å²) in [6, 6.07) is 0.698. The van der Waals surface area contributed by atoms with E-state index in [0.29, 0.717) is 11.5 Å². The molecule has 2 N–H and O–H groups in total. The maximum absolute atomic E-state index is 3.97. The Labute approximate surface area is 104 Å². The van der Waals surface area contributed by atoms with Crippen LogP contribution in [0.2, 0.25) is 0 Å². The zero-order valence-corrected chi connectivity index (χ0v) is 11.3. The average molecular weight is 235 g/mol. The van der Waals surface area contributed by atoms with Gasteiger partial charge in [-0.3, -0.25) is 5.10 Å². The Hall–Kier alpha value is -0.830. The van der Waals surface area contributed by atoms with Crippen LogP contribution in [0.1, 0.15) is 52.0 Å². The zero-order valence-electron chi connectivity index (χ0n) is 11.3. The molecule has 2 rings (SSSR count). The molecule has 1 aliphatic carbocycles. The van der Waals surface area contributed by atoms with Crippen molar-refractivity contribution in [3.63, 3.8) is 0 Å². The minimum Gasteiger partial charge on any atom is -0.310 e. The van der Waals surface area contributed by atoms with Crippen LogP contribution in [0.15, 0.2) is 12.4 Å². The highest BCUT2D eigenvalue weighted by Gasteiger charge is 2.29. The normalized spacial score (nSPS) is 26.1. The SMILES string of the molecule is CC(C)(C)C1CCC(NCc2cn[nH]c2)CC1. The lowest BCUT2D eigenvalue weighted by Gasteiger charge is -2.37. The number of rotatable bonds is 3. The number of nitrogens with zero attached hydrogens (tertiary/aromatic N) is 1. The van der Waals surface area contributed by atoms with E-state index in [0.717, 1.165) is 12.5 Å². The molecule has 0 spiro atoms. The smallest absolute Gasteiger partial charge is 0.0532 e. The maximum Gasteiger partial charge on any atom is 0.0532 e. The van der Waals surface area contributed by atoms with Crippen molar-refractivity contribution in [2.24, 2.45) is 11.3 Å². The summed E-state index contributed by atoms with van der Waals surface area (Å²) in [4.78, 5) is 0. The van der Waals surface area contributed by atoms with Gasteiger partial charge in [0.15, 0.2) is 0 Å². The molecule has 1 saturated carbocycles. The third kappa shape index (κ3) is 3.56. The van der Waals surface area contributed by atoms with Crippen LogP contribution in [-0.2, 0) is 6.54 Å². The van der Waals surface area contributed by atoms with Gasteiger partial charge in [-0.05, 0) is 37.0 Å². The van der Waals surface area contributed by atoms with Gasteiger partial charge < -0.3 is 5.32 Å². The fourth-order valence-corrected chi connectivity index (χ4v) is 2.80. The summed E-state index contributed by atoms with van der Waals surface area (Å²) in [5.41, 5.74) is 1.73. The minimum atomic E-state index is 0.482. The van der Waals surface area contributed by atoms with Crippen LogP contribution in [0, 0.1) is 11.3 Å². The lowest BCUT2D eigenvalue weighted by atomic mass is 9.71. The topological polar surface area (TPSA) is 40.7 Å². The number of aromatic nitrogens is 2. The molecule has 0 bridgehead atoms. The lowest BCUT2D eigenvalue weighted by molar-refractivity contribution is 0.160. The van der Waals surface area contributed by atoms with Crippen molar-refractivity contribution >= 4 is 0 Å². The molecule has 1 heterocycles. The van der Waals surface area contributed by atoms with Crippen LogP contribution in [0.4, 0.5) is 0 Å². The first-order valence-corrected chi connectivity index (χ1v) is 6.77. The van der Waals surface area contributed by atoms with E-state index in [1.54, 1.807) is 0 Å². The first-order valence-electron chi connectivity index (χ1n) is 6.77. The molecule has 3 nitrogen and oxygen atoms in total. The van der Waals surface area contributed by atoms with Crippen LogP contribution in [0.3, 0.4) is 0 Å². The van der Waals surface area contributed by atoms with Gasteiger partial charge in [0.25, 0.3) is 0 Å². The monoisotopic (exact) mass is 235 g/mol. The maximum atomic E-state index is 3.97. The highest BCUT2D eigenvalue weighted by atomic mass is 15.1. The molecule has 17 heavy (non-hydrogen) atoms. The van der Waals surface area contributed by atoms with E-state index in [4.69, 9.17) is 0 Å². The molecule has 96 valence electrons. The summed E-state index contributed by atoms with van der Waals surface area (Å²) in [5.74, 6) is 0.898. The largest absolute Gasteiger partial charge is 0.310 e. The number of hydrogen-bond acceptors (Lipinski definition) is 2. The third-order valence-electron chi connectivity index (χ3n) is 4.10. The Morgan fingerprint density at radius 3 is 2.53 bits per heavy atom. The van der Waals surface area contributed by atoms with Crippen molar-refractivity contribution in [2.45, 2.75) is 59.0 Å². The molecule has 1 aromatic rings. The quantitative estimate of drug-likeness (QED) is 0.845. The molecule has 0 aliphatic heterocycles. The van der Waals surface area contributed by atoms with Crippen molar-refractivity contribution in [3.05, 3.63) is 18.0 Å². The van der Waals surface area contributed by atoms with Crippen LogP contribution in [0.5, 0.6) is 0 Å². The molecule has 0 radical (unpaired) electrons. The van der Waals surface area contributed by atoms with E-state index in [1.807, 2.05) is 12.4 Å². The summed E-state index contributed by atoms with van der Waals surface area (Å²) in [6.45, 7) is 8.06. The molecule has 1 aliphatic rings. The van der Waals surface area contributed by atoms with E-state index in [-0.39, 0.29) is 0 Å². The Kier molecular flexibility index (Phi) is 3.87. The highest BCUT2D eigenvalue weighted by Crippen LogP contribution is 2.37. The molecule has 0 amide bonds. The molecular weight excluding hydrogens is 210 g/mol. The highest BCUT2D eigenvalue weighted by molar-refractivity contribution is 5.02. The second-order valence-corrected chi connectivity index (χ2v) is 6.40. The van der Waals surface area contributed by atoms with Gasteiger partial charge in [0.1, 0.15) is 0 Å². The second-order valence-electron chi connectivity index (χ2n) is 6.40. The van der Waals surface area contributed by atoms with E-state index >= 15 is 0 Å². The molecule has 1 fully saturated rings. The molecule has 0 aromatic carbocycles. The van der Waals surface area contributed by atoms with Crippen molar-refractivity contribution in [3.8, 4) is 0 Å². The number of H-pyrrole nitrogens is 1. The Morgan fingerprint density at radius 2 is 2.00 bits per heavy atom. The number of hydrogen-bond donors (Lipinski definition) is 2. The number of aromatic amines is 1. The van der Waals surface area contributed by atoms with Gasteiger partial charge in [-0.25, -0.2) is 0 Å².